The second-order valence-corrected chi connectivity index (χ2v) is 3.90. The van der Waals surface area contributed by atoms with Crippen LogP contribution in [0.1, 0.15) is 19.8 Å². The maximum Gasteiger partial charge on any atom is 0.241 e. The first-order valence-electron chi connectivity index (χ1n) is 5.97. The lowest BCUT2D eigenvalue weighted by atomic mass is 10.2. The molecule has 2 N–H and O–H groups in total. The molecule has 1 saturated heterocycles. The average Bonchev–Trinajstić information content (AvgIpc) is 2.91. The van der Waals surface area contributed by atoms with Gasteiger partial charge in [-0.05, 0) is 26.3 Å². The van der Waals surface area contributed by atoms with E-state index >= 15 is 0 Å². The quantitative estimate of drug-likeness (QED) is 0.718. The molecule has 0 aromatic rings. The fourth-order valence-corrected chi connectivity index (χ4v) is 1.74. The van der Waals surface area contributed by atoms with Gasteiger partial charge in [0.1, 0.15) is 5.70 Å². The third-order valence-corrected chi connectivity index (χ3v) is 2.66. The first kappa shape index (κ1) is 14.1. The van der Waals surface area contributed by atoms with Crippen LogP contribution < -0.4 is 10.6 Å². The molecule has 0 aliphatic carbocycles. The van der Waals surface area contributed by atoms with E-state index in [0.29, 0.717) is 5.70 Å². The number of carbonyl (C=O) groups is 1. The molecule has 0 aromatic carbocycles. The summed E-state index contributed by atoms with van der Waals surface area (Å²) in [6.07, 6.45) is 14.0. The number of terminal acetylenes is 1. The normalized spacial score (nSPS) is 19.6. The van der Waals surface area contributed by atoms with Gasteiger partial charge in [0, 0.05) is 18.6 Å². The molecule has 18 heavy (non-hydrogen) atoms. The predicted octanol–water partition coefficient (Wildman–Crippen LogP) is 1.31. The van der Waals surface area contributed by atoms with E-state index in [-0.39, 0.29) is 11.9 Å². The van der Waals surface area contributed by atoms with Gasteiger partial charge in [-0.2, -0.15) is 0 Å². The Hall–Kier alpha value is -1.99. The standard InChI is InChI=1S/C14H19N3O/c1-4-10-17(6-3)12(5-2)11-16-14(18)13-8-7-9-15-13/h2,4,6,10-11,13,15H,3,7-9H2,1H3,(H,16,18)/b10-4-,12-11-. The summed E-state index contributed by atoms with van der Waals surface area (Å²) in [5.41, 5.74) is 0.537. The first-order chi connectivity index (χ1) is 8.72. The van der Waals surface area contributed by atoms with E-state index in [1.54, 1.807) is 17.3 Å². The van der Waals surface area contributed by atoms with Gasteiger partial charge in [0.15, 0.2) is 0 Å². The van der Waals surface area contributed by atoms with Gasteiger partial charge < -0.3 is 15.5 Å². The van der Waals surface area contributed by atoms with Crippen molar-refractivity contribution in [3.8, 4) is 12.3 Å². The van der Waals surface area contributed by atoms with Crippen LogP contribution in [0.4, 0.5) is 0 Å². The average molecular weight is 245 g/mol. The molecule has 0 radical (unpaired) electrons. The summed E-state index contributed by atoms with van der Waals surface area (Å²) in [5.74, 6) is 2.46. The molecule has 1 aliphatic rings. The van der Waals surface area contributed by atoms with Crippen LogP contribution in [0, 0.1) is 12.3 Å². The van der Waals surface area contributed by atoms with Gasteiger partial charge in [0.2, 0.25) is 5.91 Å². The molecule has 4 nitrogen and oxygen atoms in total. The Balaban J connectivity index is 2.64. The number of amides is 1. The molecule has 1 fully saturated rings. The summed E-state index contributed by atoms with van der Waals surface area (Å²) in [6.45, 7) is 6.44. The number of rotatable bonds is 5. The Morgan fingerprint density at radius 2 is 2.44 bits per heavy atom. The zero-order valence-electron chi connectivity index (χ0n) is 10.6. The van der Waals surface area contributed by atoms with E-state index in [1.165, 1.54) is 6.20 Å². The smallest absolute Gasteiger partial charge is 0.241 e. The molecule has 4 heteroatoms. The van der Waals surface area contributed by atoms with E-state index in [2.05, 4.69) is 23.1 Å². The number of carbonyl (C=O) groups excluding carboxylic acids is 1. The highest BCUT2D eigenvalue weighted by molar-refractivity contribution is 5.83. The van der Waals surface area contributed by atoms with E-state index in [9.17, 15) is 4.79 Å². The molecule has 1 unspecified atom stereocenters. The lowest BCUT2D eigenvalue weighted by Crippen LogP contribution is -2.38. The topological polar surface area (TPSA) is 44.4 Å². The van der Waals surface area contributed by atoms with Crippen molar-refractivity contribution in [3.05, 3.63) is 37.0 Å². The molecule has 96 valence electrons. The molecule has 1 rings (SSSR count). The summed E-state index contributed by atoms with van der Waals surface area (Å²) in [4.78, 5) is 13.5. The maximum absolute atomic E-state index is 11.8. The minimum Gasteiger partial charge on any atom is -0.329 e. The fraction of sp³-hybridized carbons (Fsp3) is 0.357. The Bertz CT molecular complexity index is 398. The number of allylic oxidation sites excluding steroid dienone is 2. The van der Waals surface area contributed by atoms with Crippen molar-refractivity contribution in [1.29, 1.82) is 0 Å². The summed E-state index contributed by atoms with van der Waals surface area (Å²) in [5, 5.41) is 5.85. The lowest BCUT2D eigenvalue weighted by molar-refractivity contribution is -0.121. The van der Waals surface area contributed by atoms with Crippen LogP contribution >= 0.6 is 0 Å². The summed E-state index contributed by atoms with van der Waals surface area (Å²) in [6, 6.07) is -0.112. The van der Waals surface area contributed by atoms with E-state index in [4.69, 9.17) is 6.42 Å². The molecule has 0 spiro atoms. The van der Waals surface area contributed by atoms with E-state index in [0.717, 1.165) is 19.4 Å². The van der Waals surface area contributed by atoms with Crippen molar-refractivity contribution >= 4 is 5.91 Å². The van der Waals surface area contributed by atoms with Crippen LogP contribution in [0.2, 0.25) is 0 Å². The van der Waals surface area contributed by atoms with Crippen LogP contribution in [0.15, 0.2) is 37.0 Å². The minimum absolute atomic E-state index is 0.0512. The molecule has 1 amide bonds. The zero-order valence-corrected chi connectivity index (χ0v) is 10.6. The Kier molecular flexibility index (Phi) is 5.75. The minimum atomic E-state index is -0.112. The summed E-state index contributed by atoms with van der Waals surface area (Å²) >= 11 is 0. The highest BCUT2D eigenvalue weighted by Crippen LogP contribution is 2.06. The fourth-order valence-electron chi connectivity index (χ4n) is 1.74. The van der Waals surface area contributed by atoms with Gasteiger partial charge in [-0.3, -0.25) is 4.79 Å². The number of hydrogen-bond acceptors (Lipinski definition) is 3. The molecule has 0 bridgehead atoms. The van der Waals surface area contributed by atoms with Gasteiger partial charge in [0.05, 0.1) is 6.04 Å². The largest absolute Gasteiger partial charge is 0.329 e. The number of nitrogens with one attached hydrogen (secondary N) is 2. The van der Waals surface area contributed by atoms with E-state index in [1.807, 2.05) is 13.0 Å². The number of nitrogens with zero attached hydrogens (tertiary/aromatic N) is 1. The van der Waals surface area contributed by atoms with E-state index < -0.39 is 0 Å². The maximum atomic E-state index is 11.8. The highest BCUT2D eigenvalue weighted by Gasteiger charge is 2.21. The third kappa shape index (κ3) is 3.79. The van der Waals surface area contributed by atoms with Crippen LogP contribution in [0.25, 0.3) is 0 Å². The highest BCUT2D eigenvalue weighted by atomic mass is 16.2. The van der Waals surface area contributed by atoms with Crippen LogP contribution in [0.3, 0.4) is 0 Å². The Labute approximate surface area is 108 Å². The van der Waals surface area contributed by atoms with Crippen molar-refractivity contribution in [3.63, 3.8) is 0 Å². The predicted molar refractivity (Wildman–Crippen MR) is 72.9 cm³/mol. The molecule has 1 heterocycles. The van der Waals surface area contributed by atoms with Crippen molar-refractivity contribution in [2.45, 2.75) is 25.8 Å². The van der Waals surface area contributed by atoms with Crippen LogP contribution in [-0.2, 0) is 4.79 Å². The molecule has 1 aliphatic heterocycles. The van der Waals surface area contributed by atoms with Gasteiger partial charge in [-0.1, -0.05) is 18.6 Å². The molecular weight excluding hydrogens is 226 g/mol. The first-order valence-corrected chi connectivity index (χ1v) is 5.97. The Morgan fingerprint density at radius 3 is 2.94 bits per heavy atom. The monoisotopic (exact) mass is 245 g/mol. The van der Waals surface area contributed by atoms with Gasteiger partial charge >= 0.3 is 0 Å². The molecule has 0 aromatic heterocycles. The second kappa shape index (κ2) is 7.36. The number of hydrogen-bond donors (Lipinski definition) is 2. The van der Waals surface area contributed by atoms with Crippen molar-refractivity contribution < 1.29 is 4.79 Å². The second-order valence-electron chi connectivity index (χ2n) is 3.90. The molecule has 1 atom stereocenters. The van der Waals surface area contributed by atoms with Crippen LogP contribution in [-0.4, -0.2) is 23.4 Å². The van der Waals surface area contributed by atoms with Crippen LogP contribution in [0.5, 0.6) is 0 Å². The Morgan fingerprint density at radius 1 is 1.67 bits per heavy atom. The zero-order chi connectivity index (χ0) is 13.4. The van der Waals surface area contributed by atoms with Gasteiger partial charge in [-0.25, -0.2) is 0 Å². The summed E-state index contributed by atoms with van der Waals surface area (Å²) in [7, 11) is 0. The SMILES string of the molecule is C#C/C(=C/NC(=O)C1CCCN1)N(C=C)/C=C\C. The third-order valence-electron chi connectivity index (χ3n) is 2.66. The van der Waals surface area contributed by atoms with Crippen molar-refractivity contribution in [1.82, 2.24) is 15.5 Å². The lowest BCUT2D eigenvalue weighted by Gasteiger charge is -2.15. The van der Waals surface area contributed by atoms with Crippen molar-refractivity contribution in [2.75, 3.05) is 6.54 Å². The van der Waals surface area contributed by atoms with Gasteiger partial charge in [-0.15, -0.1) is 6.42 Å². The van der Waals surface area contributed by atoms with Gasteiger partial charge in [0.25, 0.3) is 0 Å². The summed E-state index contributed by atoms with van der Waals surface area (Å²) < 4.78 is 0. The molecule has 0 saturated carbocycles. The van der Waals surface area contributed by atoms with Crippen molar-refractivity contribution in [2.24, 2.45) is 0 Å². The molecular formula is C14H19N3O.